The fourth-order valence-electron chi connectivity index (χ4n) is 2.10. The van der Waals surface area contributed by atoms with Crippen LogP contribution in [-0.2, 0) is 0 Å². The van der Waals surface area contributed by atoms with E-state index in [1.165, 1.54) is 25.7 Å². The molecule has 1 aliphatic carbocycles. The standard InChI is InChI=1S/C12H20/c1-5-12(3,4)11-8-6-10(2)7-9-11/h1,10-11H,6-9H2,2-4H3. The quantitative estimate of drug-likeness (QED) is 0.520. The molecule has 1 aliphatic rings. The Bertz CT molecular complexity index is 175. The van der Waals surface area contributed by atoms with Crippen LogP contribution in [-0.4, -0.2) is 0 Å². The van der Waals surface area contributed by atoms with E-state index in [2.05, 4.69) is 26.7 Å². The maximum Gasteiger partial charge on any atom is 0.0283 e. The third-order valence-electron chi connectivity index (χ3n) is 3.41. The molecule has 0 heteroatoms. The van der Waals surface area contributed by atoms with E-state index >= 15 is 0 Å². The summed E-state index contributed by atoms with van der Waals surface area (Å²) in [4.78, 5) is 0. The van der Waals surface area contributed by atoms with Gasteiger partial charge in [-0.05, 0) is 38.5 Å². The molecule has 1 saturated carbocycles. The van der Waals surface area contributed by atoms with Gasteiger partial charge in [-0.25, -0.2) is 0 Å². The monoisotopic (exact) mass is 164 g/mol. The van der Waals surface area contributed by atoms with E-state index in [1.54, 1.807) is 0 Å². The molecule has 0 radical (unpaired) electrons. The summed E-state index contributed by atoms with van der Waals surface area (Å²) in [5, 5.41) is 0. The summed E-state index contributed by atoms with van der Waals surface area (Å²) in [6.45, 7) is 6.75. The smallest absolute Gasteiger partial charge is 0.0283 e. The van der Waals surface area contributed by atoms with Crippen molar-refractivity contribution >= 4 is 0 Å². The summed E-state index contributed by atoms with van der Waals surface area (Å²) >= 11 is 0. The minimum Gasteiger partial charge on any atom is -0.120 e. The summed E-state index contributed by atoms with van der Waals surface area (Å²) in [5.74, 6) is 4.61. The maximum atomic E-state index is 5.52. The summed E-state index contributed by atoms with van der Waals surface area (Å²) in [6, 6.07) is 0. The Morgan fingerprint density at radius 3 is 2.08 bits per heavy atom. The van der Waals surface area contributed by atoms with Gasteiger partial charge in [0, 0.05) is 5.41 Å². The van der Waals surface area contributed by atoms with Crippen LogP contribution in [0.4, 0.5) is 0 Å². The predicted octanol–water partition coefficient (Wildman–Crippen LogP) is 3.47. The first-order valence-electron chi connectivity index (χ1n) is 5.04. The van der Waals surface area contributed by atoms with Gasteiger partial charge in [0.05, 0.1) is 0 Å². The van der Waals surface area contributed by atoms with Gasteiger partial charge in [-0.1, -0.05) is 19.8 Å². The van der Waals surface area contributed by atoms with Crippen LogP contribution in [0.1, 0.15) is 46.5 Å². The first-order valence-corrected chi connectivity index (χ1v) is 5.04. The lowest BCUT2D eigenvalue weighted by Crippen LogP contribution is -2.26. The molecule has 1 rings (SSSR count). The van der Waals surface area contributed by atoms with E-state index in [-0.39, 0.29) is 5.41 Å². The van der Waals surface area contributed by atoms with Crippen molar-refractivity contribution in [2.45, 2.75) is 46.5 Å². The molecule has 0 bridgehead atoms. The highest BCUT2D eigenvalue weighted by molar-refractivity contribution is 5.04. The van der Waals surface area contributed by atoms with Crippen molar-refractivity contribution < 1.29 is 0 Å². The SMILES string of the molecule is C#CC(C)(C)C1CCC(C)CC1. The van der Waals surface area contributed by atoms with Gasteiger partial charge in [0.2, 0.25) is 0 Å². The van der Waals surface area contributed by atoms with Gasteiger partial charge in [-0.2, -0.15) is 0 Å². The second kappa shape index (κ2) is 3.52. The highest BCUT2D eigenvalue weighted by Gasteiger charge is 2.30. The Kier molecular flexibility index (Phi) is 2.83. The zero-order valence-electron chi connectivity index (χ0n) is 8.56. The van der Waals surface area contributed by atoms with Crippen molar-refractivity contribution in [1.82, 2.24) is 0 Å². The summed E-state index contributed by atoms with van der Waals surface area (Å²) in [6.07, 6.45) is 10.9. The van der Waals surface area contributed by atoms with Crippen molar-refractivity contribution in [1.29, 1.82) is 0 Å². The lowest BCUT2D eigenvalue weighted by atomic mass is 9.69. The molecule has 0 aromatic rings. The molecule has 0 amide bonds. The van der Waals surface area contributed by atoms with E-state index in [4.69, 9.17) is 6.42 Å². The molecule has 0 aromatic heterocycles. The summed E-state index contributed by atoms with van der Waals surface area (Å²) < 4.78 is 0. The molecule has 0 N–H and O–H groups in total. The van der Waals surface area contributed by atoms with Crippen molar-refractivity contribution in [3.63, 3.8) is 0 Å². The first-order chi connectivity index (χ1) is 5.56. The van der Waals surface area contributed by atoms with Crippen LogP contribution in [0.3, 0.4) is 0 Å². The fraction of sp³-hybridized carbons (Fsp3) is 0.833. The van der Waals surface area contributed by atoms with Crippen molar-refractivity contribution in [3.8, 4) is 12.3 Å². The summed E-state index contributed by atoms with van der Waals surface area (Å²) in [5.41, 5.74) is 0.125. The van der Waals surface area contributed by atoms with E-state index in [0.29, 0.717) is 0 Å². The van der Waals surface area contributed by atoms with Gasteiger partial charge in [-0.15, -0.1) is 12.3 Å². The summed E-state index contributed by atoms with van der Waals surface area (Å²) in [7, 11) is 0. The molecule has 0 spiro atoms. The molecule has 0 aromatic carbocycles. The van der Waals surface area contributed by atoms with E-state index in [1.807, 2.05) is 0 Å². The molecular formula is C12H20. The van der Waals surface area contributed by atoms with Crippen LogP contribution >= 0.6 is 0 Å². The minimum absolute atomic E-state index is 0.125. The maximum absolute atomic E-state index is 5.52. The van der Waals surface area contributed by atoms with Gasteiger partial charge in [0.15, 0.2) is 0 Å². The minimum atomic E-state index is 0.125. The molecule has 0 atom stereocenters. The van der Waals surface area contributed by atoms with Crippen molar-refractivity contribution in [2.75, 3.05) is 0 Å². The Morgan fingerprint density at radius 2 is 1.67 bits per heavy atom. The zero-order chi connectivity index (χ0) is 9.19. The molecular weight excluding hydrogens is 144 g/mol. The molecule has 0 saturated heterocycles. The lowest BCUT2D eigenvalue weighted by Gasteiger charge is -2.35. The van der Waals surface area contributed by atoms with Gasteiger partial charge < -0.3 is 0 Å². The van der Waals surface area contributed by atoms with Crippen LogP contribution in [0, 0.1) is 29.6 Å². The van der Waals surface area contributed by atoms with Crippen LogP contribution in [0.2, 0.25) is 0 Å². The number of hydrogen-bond acceptors (Lipinski definition) is 0. The molecule has 68 valence electrons. The van der Waals surface area contributed by atoms with Crippen molar-refractivity contribution in [3.05, 3.63) is 0 Å². The van der Waals surface area contributed by atoms with Gasteiger partial charge in [0.25, 0.3) is 0 Å². The number of rotatable bonds is 1. The Morgan fingerprint density at radius 1 is 1.17 bits per heavy atom. The van der Waals surface area contributed by atoms with Crippen LogP contribution in [0.5, 0.6) is 0 Å². The number of terminal acetylenes is 1. The average molecular weight is 164 g/mol. The lowest BCUT2D eigenvalue weighted by molar-refractivity contribution is 0.189. The molecule has 0 heterocycles. The van der Waals surface area contributed by atoms with Crippen LogP contribution in [0.15, 0.2) is 0 Å². The Labute approximate surface area is 76.7 Å². The second-order valence-corrected chi connectivity index (χ2v) is 4.82. The topological polar surface area (TPSA) is 0 Å². The third kappa shape index (κ3) is 2.03. The third-order valence-corrected chi connectivity index (χ3v) is 3.41. The first kappa shape index (κ1) is 9.65. The number of hydrogen-bond donors (Lipinski definition) is 0. The van der Waals surface area contributed by atoms with E-state index < -0.39 is 0 Å². The van der Waals surface area contributed by atoms with Crippen LogP contribution in [0.25, 0.3) is 0 Å². The van der Waals surface area contributed by atoms with E-state index in [0.717, 1.165) is 11.8 Å². The van der Waals surface area contributed by atoms with Gasteiger partial charge in [0.1, 0.15) is 0 Å². The van der Waals surface area contributed by atoms with Crippen LogP contribution < -0.4 is 0 Å². The predicted molar refractivity (Wildman–Crippen MR) is 53.7 cm³/mol. The van der Waals surface area contributed by atoms with Crippen molar-refractivity contribution in [2.24, 2.45) is 17.3 Å². The molecule has 0 nitrogen and oxygen atoms in total. The second-order valence-electron chi connectivity index (χ2n) is 4.82. The molecule has 1 fully saturated rings. The normalized spacial score (nSPS) is 31.2. The molecule has 0 aliphatic heterocycles. The Hall–Kier alpha value is -0.440. The van der Waals surface area contributed by atoms with Gasteiger partial charge in [-0.3, -0.25) is 0 Å². The van der Waals surface area contributed by atoms with E-state index in [9.17, 15) is 0 Å². The van der Waals surface area contributed by atoms with Gasteiger partial charge >= 0.3 is 0 Å². The fourth-order valence-corrected chi connectivity index (χ4v) is 2.10. The molecule has 0 unspecified atom stereocenters. The largest absolute Gasteiger partial charge is 0.120 e. The molecule has 12 heavy (non-hydrogen) atoms. The Balaban J connectivity index is 2.51. The highest BCUT2D eigenvalue weighted by Crippen LogP contribution is 2.39. The average Bonchev–Trinajstić information content (AvgIpc) is 2.05. The highest BCUT2D eigenvalue weighted by atomic mass is 14.3. The zero-order valence-corrected chi connectivity index (χ0v) is 8.56.